The predicted octanol–water partition coefficient (Wildman–Crippen LogP) is 2.53. The van der Waals surface area contributed by atoms with Gasteiger partial charge in [-0.1, -0.05) is 23.0 Å². The van der Waals surface area contributed by atoms with Gasteiger partial charge in [0.2, 0.25) is 4.38 Å². The van der Waals surface area contributed by atoms with E-state index in [1.807, 2.05) is 17.2 Å². The van der Waals surface area contributed by atoms with Gasteiger partial charge in [0.15, 0.2) is 6.10 Å². The second kappa shape index (κ2) is 7.91. The summed E-state index contributed by atoms with van der Waals surface area (Å²) in [5.41, 5.74) is 1.74. The lowest BCUT2D eigenvalue weighted by Crippen LogP contribution is -2.36. The van der Waals surface area contributed by atoms with Crippen LogP contribution in [0.3, 0.4) is 0 Å². The zero-order chi connectivity index (χ0) is 16.9. The average molecular weight is 368 g/mol. The van der Waals surface area contributed by atoms with Crippen LogP contribution in [0.4, 0.5) is 10.1 Å². The molecule has 1 unspecified atom stereocenters. The first-order chi connectivity index (χ1) is 11.7. The fourth-order valence-electron chi connectivity index (χ4n) is 2.53. The molecule has 1 aromatic carbocycles. The highest BCUT2D eigenvalue weighted by Gasteiger charge is 2.23. The number of nitrogens with one attached hydrogen (secondary N) is 1. The molecule has 1 N–H and O–H groups in total. The molecule has 6 nitrogen and oxygen atoms in total. The van der Waals surface area contributed by atoms with Crippen molar-refractivity contribution in [2.45, 2.75) is 6.10 Å². The van der Waals surface area contributed by atoms with Crippen LogP contribution in [0.25, 0.3) is 0 Å². The van der Waals surface area contributed by atoms with Crippen molar-refractivity contribution in [3.63, 3.8) is 0 Å². The van der Waals surface area contributed by atoms with Gasteiger partial charge in [-0.05, 0) is 30.6 Å². The first-order valence-corrected chi connectivity index (χ1v) is 9.05. The van der Waals surface area contributed by atoms with Crippen molar-refractivity contribution in [2.75, 3.05) is 37.5 Å². The van der Waals surface area contributed by atoms with Crippen molar-refractivity contribution in [2.24, 2.45) is 0 Å². The first kappa shape index (κ1) is 17.1. The third kappa shape index (κ3) is 3.85. The zero-order valence-corrected chi connectivity index (χ0v) is 14.7. The lowest BCUT2D eigenvalue weighted by Gasteiger charge is -2.29. The molecule has 0 amide bonds. The Morgan fingerprint density at radius 2 is 2.25 bits per heavy atom. The Hall–Kier alpha value is -1.71. The molecule has 2 heterocycles. The van der Waals surface area contributed by atoms with E-state index in [0.717, 1.165) is 0 Å². The third-order valence-electron chi connectivity index (χ3n) is 3.71. The van der Waals surface area contributed by atoms with Crippen LogP contribution in [0.5, 0.6) is 0 Å². The molecule has 1 fully saturated rings. The molecule has 0 bridgehead atoms. The van der Waals surface area contributed by atoms with Crippen molar-refractivity contribution in [3.05, 3.63) is 41.5 Å². The van der Waals surface area contributed by atoms with Gasteiger partial charge in [-0.2, -0.15) is 0 Å². The topological polar surface area (TPSA) is 63.3 Å². The molecule has 1 aliphatic heterocycles. The lowest BCUT2D eigenvalue weighted by atomic mass is 10.1. The highest BCUT2D eigenvalue weighted by Crippen LogP contribution is 2.30. The lowest BCUT2D eigenvalue weighted by molar-refractivity contribution is 0.122. The number of thioether (sulfide) groups is 1. The third-order valence-corrected chi connectivity index (χ3v) is 4.74. The first-order valence-electron chi connectivity index (χ1n) is 7.42. The Labute approximate surface area is 148 Å². The van der Waals surface area contributed by atoms with Crippen molar-refractivity contribution in [1.29, 1.82) is 0 Å². The number of thiocarbonyl (C=S) groups is 1. The van der Waals surface area contributed by atoms with E-state index in [1.165, 1.54) is 17.8 Å². The Balaban J connectivity index is 1.87. The highest BCUT2D eigenvalue weighted by molar-refractivity contribution is 8.22. The van der Waals surface area contributed by atoms with Gasteiger partial charge in [-0.15, -0.1) is 5.10 Å². The minimum atomic E-state index is -0.600. The molecule has 24 heavy (non-hydrogen) atoms. The number of rotatable bonds is 4. The molecular weight excluding hydrogens is 351 g/mol. The van der Waals surface area contributed by atoms with E-state index >= 15 is 0 Å². The van der Waals surface area contributed by atoms with Crippen LogP contribution in [-0.2, 0) is 9.47 Å². The van der Waals surface area contributed by atoms with Gasteiger partial charge in [-0.3, -0.25) is 5.10 Å². The quantitative estimate of drug-likeness (QED) is 0.832. The number of aromatic nitrogens is 3. The molecule has 0 aliphatic carbocycles. The van der Waals surface area contributed by atoms with E-state index in [1.54, 1.807) is 12.3 Å². The SMILES string of the molecule is CSC(=S)OC(c1ccc(N2CCOCC2)c(F)c1)c1c[nH]nn1. The van der Waals surface area contributed by atoms with Gasteiger partial charge in [-0.25, -0.2) is 4.39 Å². The molecule has 1 aromatic heterocycles. The van der Waals surface area contributed by atoms with Crippen LogP contribution >= 0.6 is 24.0 Å². The van der Waals surface area contributed by atoms with E-state index in [9.17, 15) is 4.39 Å². The summed E-state index contributed by atoms with van der Waals surface area (Å²) in [5.74, 6) is -0.304. The summed E-state index contributed by atoms with van der Waals surface area (Å²) in [4.78, 5) is 1.97. The van der Waals surface area contributed by atoms with Gasteiger partial charge in [0.1, 0.15) is 11.5 Å². The number of benzene rings is 1. The number of anilines is 1. The summed E-state index contributed by atoms with van der Waals surface area (Å²) in [6, 6.07) is 5.05. The van der Waals surface area contributed by atoms with E-state index in [4.69, 9.17) is 21.7 Å². The minimum absolute atomic E-state index is 0.304. The van der Waals surface area contributed by atoms with Gasteiger partial charge in [0.25, 0.3) is 0 Å². The van der Waals surface area contributed by atoms with E-state index in [2.05, 4.69) is 15.4 Å². The van der Waals surface area contributed by atoms with Crippen LogP contribution < -0.4 is 4.90 Å². The molecule has 0 spiro atoms. The smallest absolute Gasteiger partial charge is 0.220 e. The number of halogens is 1. The summed E-state index contributed by atoms with van der Waals surface area (Å²) in [6.07, 6.45) is 2.84. The molecular formula is C15H17FN4O2S2. The summed E-state index contributed by atoms with van der Waals surface area (Å²) in [5, 5.41) is 10.3. The van der Waals surface area contributed by atoms with Crippen LogP contribution in [0.1, 0.15) is 17.4 Å². The molecule has 0 saturated carbocycles. The summed E-state index contributed by atoms with van der Waals surface area (Å²) in [7, 11) is 0. The van der Waals surface area contributed by atoms with E-state index < -0.39 is 6.10 Å². The zero-order valence-electron chi connectivity index (χ0n) is 13.1. The predicted molar refractivity (Wildman–Crippen MR) is 94.9 cm³/mol. The Morgan fingerprint density at radius 1 is 1.46 bits per heavy atom. The second-order valence-electron chi connectivity index (χ2n) is 5.16. The molecule has 1 saturated heterocycles. The van der Waals surface area contributed by atoms with Crippen molar-refractivity contribution >= 4 is 34.0 Å². The molecule has 3 rings (SSSR count). The van der Waals surface area contributed by atoms with Gasteiger partial charge in [0.05, 0.1) is 18.9 Å². The Kier molecular flexibility index (Phi) is 5.64. The summed E-state index contributed by atoms with van der Waals surface area (Å²) in [6.45, 7) is 2.56. The highest BCUT2D eigenvalue weighted by atomic mass is 32.2. The van der Waals surface area contributed by atoms with Gasteiger partial charge < -0.3 is 14.4 Å². The number of H-pyrrole nitrogens is 1. The molecule has 1 aliphatic rings. The molecule has 128 valence electrons. The summed E-state index contributed by atoms with van der Waals surface area (Å²) >= 11 is 6.44. The largest absolute Gasteiger partial charge is 0.464 e. The van der Waals surface area contributed by atoms with Crippen LogP contribution in [0.15, 0.2) is 24.4 Å². The molecule has 9 heteroatoms. The fraction of sp³-hybridized carbons (Fsp3) is 0.400. The fourth-order valence-corrected chi connectivity index (χ4v) is 2.82. The van der Waals surface area contributed by atoms with Crippen molar-refractivity contribution in [3.8, 4) is 0 Å². The van der Waals surface area contributed by atoms with Crippen LogP contribution in [0.2, 0.25) is 0 Å². The monoisotopic (exact) mass is 368 g/mol. The van der Waals surface area contributed by atoms with E-state index in [-0.39, 0.29) is 5.82 Å². The number of hydrogen-bond donors (Lipinski definition) is 1. The van der Waals surface area contributed by atoms with Crippen LogP contribution in [-0.4, -0.2) is 52.4 Å². The minimum Gasteiger partial charge on any atom is -0.464 e. The number of nitrogens with zero attached hydrogens (tertiary/aromatic N) is 3. The summed E-state index contributed by atoms with van der Waals surface area (Å²) < 4.78 is 26.0. The van der Waals surface area contributed by atoms with E-state index in [0.29, 0.717) is 47.6 Å². The van der Waals surface area contributed by atoms with Crippen LogP contribution in [0, 0.1) is 5.82 Å². The second-order valence-corrected chi connectivity index (χ2v) is 6.57. The van der Waals surface area contributed by atoms with Crippen molar-refractivity contribution < 1.29 is 13.9 Å². The number of ether oxygens (including phenoxy) is 2. The average Bonchev–Trinajstić information content (AvgIpc) is 3.14. The molecule has 0 radical (unpaired) electrons. The number of aromatic amines is 1. The maximum Gasteiger partial charge on any atom is 0.220 e. The Morgan fingerprint density at radius 3 is 2.88 bits per heavy atom. The van der Waals surface area contributed by atoms with Gasteiger partial charge >= 0.3 is 0 Å². The molecule has 2 aromatic rings. The standard InChI is InChI=1S/C15H17FN4O2S2/c1-24-15(23)22-14(12-9-17-19-18-12)10-2-3-13(11(16)8-10)20-4-6-21-7-5-20/h2-3,8-9,14H,4-7H2,1H3,(H,17,18,19). The maximum atomic E-state index is 14.6. The Bertz CT molecular complexity index is 693. The molecule has 1 atom stereocenters. The maximum absolute atomic E-state index is 14.6. The van der Waals surface area contributed by atoms with Crippen molar-refractivity contribution in [1.82, 2.24) is 15.4 Å². The number of morpholine rings is 1. The normalized spacial score (nSPS) is 16.0. The van der Waals surface area contributed by atoms with Gasteiger partial charge in [0, 0.05) is 24.8 Å². The number of hydrogen-bond acceptors (Lipinski definition) is 7.